The Morgan fingerprint density at radius 2 is 2.11 bits per heavy atom. The number of hydrogen-bond acceptors (Lipinski definition) is 2. The predicted molar refractivity (Wildman–Crippen MR) is 37.8 cm³/mol. The van der Waals surface area contributed by atoms with Crippen molar-refractivity contribution in [3.8, 4) is 6.19 Å². The first kappa shape index (κ1) is 8.29. The third-order valence-corrected chi connectivity index (χ3v) is 1.23. The van der Waals surface area contributed by atoms with E-state index in [-0.39, 0.29) is 0 Å². The molecule has 52 valence electrons. The number of nitriles is 1. The molecule has 0 aromatic heterocycles. The molecule has 0 unspecified atom stereocenters. The monoisotopic (exact) mass is 126 g/mol. The van der Waals surface area contributed by atoms with E-state index in [1.165, 1.54) is 19.3 Å². The molecule has 0 aliphatic heterocycles. The third kappa shape index (κ3) is 7.29. The van der Waals surface area contributed by atoms with Gasteiger partial charge in [-0.25, -0.2) is 0 Å². The molecular weight excluding hydrogens is 112 g/mol. The maximum Gasteiger partial charge on any atom is 0.176 e. The minimum atomic E-state index is 0.844. The van der Waals surface area contributed by atoms with Gasteiger partial charge in [0.2, 0.25) is 0 Å². The molecule has 0 spiro atoms. The lowest BCUT2D eigenvalue weighted by molar-refractivity contribution is 0.649. The van der Waals surface area contributed by atoms with Crippen LogP contribution in [0.2, 0.25) is 0 Å². The fourth-order valence-electron chi connectivity index (χ4n) is 0.696. The summed E-state index contributed by atoms with van der Waals surface area (Å²) in [6.45, 7) is 3.02. The van der Waals surface area contributed by atoms with Gasteiger partial charge in [-0.3, -0.25) is 0 Å². The zero-order valence-corrected chi connectivity index (χ0v) is 5.98. The number of rotatable bonds is 5. The Hall–Kier alpha value is -0.710. The Kier molecular flexibility index (Phi) is 6.71. The average Bonchev–Trinajstić information content (AvgIpc) is 1.89. The van der Waals surface area contributed by atoms with Crippen LogP contribution in [-0.4, -0.2) is 6.54 Å². The molecule has 0 aromatic carbocycles. The fraction of sp³-hybridized carbons (Fsp3) is 0.857. The molecule has 2 heteroatoms. The number of nitrogens with zero attached hydrogens (tertiary/aromatic N) is 1. The highest BCUT2D eigenvalue weighted by Gasteiger charge is 1.84. The molecule has 0 aliphatic carbocycles. The zero-order chi connectivity index (χ0) is 6.95. The van der Waals surface area contributed by atoms with Crippen molar-refractivity contribution in [1.29, 1.82) is 5.26 Å². The lowest BCUT2D eigenvalue weighted by Gasteiger charge is -1.94. The predicted octanol–water partition coefficient (Wildman–Crippen LogP) is 1.64. The standard InChI is InChI=1S/C7H14N2/c1-2-3-4-5-6-9-7-8/h9H,2-6H2,1H3. The van der Waals surface area contributed by atoms with E-state index in [1.54, 1.807) is 0 Å². The molecule has 0 bridgehead atoms. The zero-order valence-electron chi connectivity index (χ0n) is 5.98. The highest BCUT2D eigenvalue weighted by atomic mass is 14.8. The fourth-order valence-corrected chi connectivity index (χ4v) is 0.696. The Morgan fingerprint density at radius 1 is 1.33 bits per heavy atom. The quantitative estimate of drug-likeness (QED) is 0.345. The van der Waals surface area contributed by atoms with Gasteiger partial charge in [0, 0.05) is 6.54 Å². The molecule has 9 heavy (non-hydrogen) atoms. The molecule has 0 aromatic rings. The summed E-state index contributed by atoms with van der Waals surface area (Å²) in [5.41, 5.74) is 0. The number of hydrogen-bond donors (Lipinski definition) is 1. The second-order valence-corrected chi connectivity index (χ2v) is 2.10. The Labute approximate surface area is 56.9 Å². The summed E-state index contributed by atoms with van der Waals surface area (Å²) in [5, 5.41) is 10.7. The van der Waals surface area contributed by atoms with E-state index in [0.717, 1.165) is 13.0 Å². The van der Waals surface area contributed by atoms with Crippen LogP contribution in [0.1, 0.15) is 32.6 Å². The van der Waals surface area contributed by atoms with Crippen molar-refractivity contribution in [2.75, 3.05) is 6.54 Å². The second-order valence-electron chi connectivity index (χ2n) is 2.10. The molecule has 1 N–H and O–H groups in total. The molecule has 0 aliphatic rings. The summed E-state index contributed by atoms with van der Waals surface area (Å²) in [5.74, 6) is 0. The lowest BCUT2D eigenvalue weighted by atomic mass is 10.2. The Morgan fingerprint density at radius 3 is 2.67 bits per heavy atom. The molecule has 0 amide bonds. The summed E-state index contributed by atoms with van der Waals surface area (Å²) in [6, 6.07) is 0. The van der Waals surface area contributed by atoms with Crippen LogP contribution in [0.5, 0.6) is 0 Å². The van der Waals surface area contributed by atoms with E-state index in [1.807, 2.05) is 6.19 Å². The van der Waals surface area contributed by atoms with Gasteiger partial charge in [0.25, 0.3) is 0 Å². The topological polar surface area (TPSA) is 35.8 Å². The SMILES string of the molecule is CCCCCCNC#N. The van der Waals surface area contributed by atoms with Crippen LogP contribution in [0.25, 0.3) is 0 Å². The van der Waals surface area contributed by atoms with Crippen molar-refractivity contribution >= 4 is 0 Å². The molecule has 0 rings (SSSR count). The van der Waals surface area contributed by atoms with Crippen LogP contribution in [0.15, 0.2) is 0 Å². The van der Waals surface area contributed by atoms with Crippen molar-refractivity contribution in [1.82, 2.24) is 5.32 Å². The number of nitrogens with one attached hydrogen (secondary N) is 1. The van der Waals surface area contributed by atoms with Crippen LogP contribution in [-0.2, 0) is 0 Å². The van der Waals surface area contributed by atoms with Crippen LogP contribution >= 0.6 is 0 Å². The second kappa shape index (κ2) is 7.29. The van der Waals surface area contributed by atoms with E-state index < -0.39 is 0 Å². The van der Waals surface area contributed by atoms with E-state index in [9.17, 15) is 0 Å². The summed E-state index contributed by atoms with van der Waals surface area (Å²) < 4.78 is 0. The molecule has 2 nitrogen and oxygen atoms in total. The van der Waals surface area contributed by atoms with Gasteiger partial charge in [0.15, 0.2) is 6.19 Å². The Bertz CT molecular complexity index is 83.4. The maximum atomic E-state index is 8.06. The minimum absolute atomic E-state index is 0.844. The molecule has 0 fully saturated rings. The largest absolute Gasteiger partial charge is 0.324 e. The highest BCUT2D eigenvalue weighted by molar-refractivity contribution is 4.63. The molecule has 0 atom stereocenters. The normalized spacial score (nSPS) is 8.44. The molecule has 0 heterocycles. The van der Waals surface area contributed by atoms with Crippen LogP contribution < -0.4 is 5.32 Å². The summed E-state index contributed by atoms with van der Waals surface area (Å²) in [6.07, 6.45) is 6.80. The average molecular weight is 126 g/mol. The summed E-state index contributed by atoms with van der Waals surface area (Å²) in [7, 11) is 0. The molecule has 0 saturated heterocycles. The first-order valence-corrected chi connectivity index (χ1v) is 3.53. The van der Waals surface area contributed by atoms with Crippen molar-refractivity contribution in [2.45, 2.75) is 32.6 Å². The third-order valence-electron chi connectivity index (χ3n) is 1.23. The highest BCUT2D eigenvalue weighted by Crippen LogP contribution is 1.96. The minimum Gasteiger partial charge on any atom is -0.324 e. The van der Waals surface area contributed by atoms with E-state index >= 15 is 0 Å². The number of unbranched alkanes of at least 4 members (excludes halogenated alkanes) is 3. The van der Waals surface area contributed by atoms with Crippen molar-refractivity contribution < 1.29 is 0 Å². The van der Waals surface area contributed by atoms with E-state index in [4.69, 9.17) is 5.26 Å². The van der Waals surface area contributed by atoms with Crippen molar-refractivity contribution in [3.05, 3.63) is 0 Å². The van der Waals surface area contributed by atoms with Gasteiger partial charge in [0.1, 0.15) is 0 Å². The van der Waals surface area contributed by atoms with Gasteiger partial charge in [-0.2, -0.15) is 5.26 Å². The maximum absolute atomic E-state index is 8.06. The van der Waals surface area contributed by atoms with Crippen molar-refractivity contribution in [2.24, 2.45) is 0 Å². The molecule has 0 radical (unpaired) electrons. The van der Waals surface area contributed by atoms with Crippen molar-refractivity contribution in [3.63, 3.8) is 0 Å². The summed E-state index contributed by atoms with van der Waals surface area (Å²) in [4.78, 5) is 0. The van der Waals surface area contributed by atoms with Gasteiger partial charge < -0.3 is 5.32 Å². The van der Waals surface area contributed by atoms with Crippen LogP contribution in [0.3, 0.4) is 0 Å². The van der Waals surface area contributed by atoms with Gasteiger partial charge in [-0.05, 0) is 6.42 Å². The van der Waals surface area contributed by atoms with E-state index in [0.29, 0.717) is 0 Å². The first-order chi connectivity index (χ1) is 4.41. The van der Waals surface area contributed by atoms with Crippen LogP contribution in [0.4, 0.5) is 0 Å². The van der Waals surface area contributed by atoms with Crippen LogP contribution in [0, 0.1) is 11.5 Å². The molecular formula is C7H14N2. The van der Waals surface area contributed by atoms with E-state index in [2.05, 4.69) is 12.2 Å². The molecule has 0 saturated carbocycles. The summed E-state index contributed by atoms with van der Waals surface area (Å²) >= 11 is 0. The van der Waals surface area contributed by atoms with Gasteiger partial charge in [-0.15, -0.1) is 0 Å². The van der Waals surface area contributed by atoms with Gasteiger partial charge >= 0.3 is 0 Å². The first-order valence-electron chi connectivity index (χ1n) is 3.53. The van der Waals surface area contributed by atoms with Gasteiger partial charge in [0.05, 0.1) is 0 Å². The Balaban J connectivity index is 2.69. The van der Waals surface area contributed by atoms with Gasteiger partial charge in [-0.1, -0.05) is 26.2 Å². The smallest absolute Gasteiger partial charge is 0.176 e. The lowest BCUT2D eigenvalue weighted by Crippen LogP contribution is -2.06.